The van der Waals surface area contributed by atoms with E-state index in [1.807, 2.05) is 0 Å². The zero-order valence-electron chi connectivity index (χ0n) is 29.0. The van der Waals surface area contributed by atoms with Gasteiger partial charge in [0.05, 0.1) is 33.1 Å². The Morgan fingerprint density at radius 2 is 0.981 bits per heavy atom. The molecule has 0 spiro atoms. The number of para-hydroxylation sites is 3. The quantitative estimate of drug-likeness (QED) is 0.170. The molecule has 0 atom stereocenters. The summed E-state index contributed by atoms with van der Waals surface area (Å²) in [5, 5.41) is 15.8. The maximum absolute atomic E-state index is 5.57. The molecule has 13 aromatic rings. The van der Waals surface area contributed by atoms with E-state index in [0.29, 0.717) is 5.82 Å². The van der Waals surface area contributed by atoms with E-state index in [0.717, 1.165) is 33.3 Å². The zero-order chi connectivity index (χ0) is 35.1. The minimum Gasteiger partial charge on any atom is -0.308 e. The molecular weight excluding hydrogens is 657 g/mol. The molecule has 0 aliphatic carbocycles. The van der Waals surface area contributed by atoms with Gasteiger partial charge in [0.2, 0.25) is 0 Å². The lowest BCUT2D eigenvalue weighted by atomic mass is 10.00. The topological polar surface area (TPSA) is 35.1 Å². The standard InChI is InChI=1S/C50H28N4/c1-2-13-32-27-44-40(25-31(32)12-1)46-45(28-39-35-15-6-9-19-42(35)53-43-20-10-7-17-37(43)47(46)48(39)53)54(44)50-36-16-5-8-18-41(36)51-49(52-50)33-24-23-30-22-21-29-11-3-4-14-34(29)38(30)26-33/h1-28H. The molecule has 9 aromatic carbocycles. The van der Waals surface area contributed by atoms with Crippen LogP contribution in [-0.2, 0) is 0 Å². The molecule has 0 saturated carbocycles. The predicted molar refractivity (Wildman–Crippen MR) is 226 cm³/mol. The van der Waals surface area contributed by atoms with Crippen molar-refractivity contribution in [2.24, 2.45) is 0 Å². The molecular formula is C50H28N4. The van der Waals surface area contributed by atoms with Crippen LogP contribution in [-0.4, -0.2) is 18.9 Å². The van der Waals surface area contributed by atoms with E-state index in [1.54, 1.807) is 0 Å². The van der Waals surface area contributed by atoms with E-state index >= 15 is 0 Å². The average Bonchev–Trinajstić information content (AvgIpc) is 3.86. The van der Waals surface area contributed by atoms with Crippen LogP contribution in [0.4, 0.5) is 0 Å². The van der Waals surface area contributed by atoms with Gasteiger partial charge in [-0.3, -0.25) is 4.57 Å². The first kappa shape index (κ1) is 28.3. The van der Waals surface area contributed by atoms with Gasteiger partial charge in [-0.2, -0.15) is 0 Å². The molecule has 4 nitrogen and oxygen atoms in total. The van der Waals surface area contributed by atoms with Gasteiger partial charge >= 0.3 is 0 Å². The van der Waals surface area contributed by atoms with E-state index in [4.69, 9.17) is 9.97 Å². The first-order chi connectivity index (χ1) is 26.8. The van der Waals surface area contributed by atoms with Crippen LogP contribution in [0.2, 0.25) is 0 Å². The fourth-order valence-electron chi connectivity index (χ4n) is 9.43. The summed E-state index contributed by atoms with van der Waals surface area (Å²) in [5.41, 5.74) is 7.91. The van der Waals surface area contributed by atoms with Crippen LogP contribution >= 0.6 is 0 Å². The third kappa shape index (κ3) is 3.61. The van der Waals surface area contributed by atoms with Gasteiger partial charge in [-0.15, -0.1) is 0 Å². The van der Waals surface area contributed by atoms with Gasteiger partial charge in [-0.25, -0.2) is 9.97 Å². The average molecular weight is 685 g/mol. The summed E-state index contributed by atoms with van der Waals surface area (Å²) in [5.74, 6) is 1.59. The maximum atomic E-state index is 5.57. The molecule has 0 amide bonds. The maximum Gasteiger partial charge on any atom is 0.162 e. The lowest BCUT2D eigenvalue weighted by Gasteiger charge is -2.14. The number of aromatic nitrogens is 4. The van der Waals surface area contributed by atoms with E-state index in [9.17, 15) is 0 Å². The van der Waals surface area contributed by atoms with Crippen molar-refractivity contribution >= 4 is 103 Å². The molecule has 0 radical (unpaired) electrons. The second-order valence-corrected chi connectivity index (χ2v) is 14.6. The largest absolute Gasteiger partial charge is 0.308 e. The normalized spacial score (nSPS) is 12.4. The van der Waals surface area contributed by atoms with Crippen LogP contribution < -0.4 is 0 Å². The van der Waals surface area contributed by atoms with Crippen LogP contribution in [0, 0.1) is 0 Å². The fourth-order valence-corrected chi connectivity index (χ4v) is 9.43. The van der Waals surface area contributed by atoms with Crippen molar-refractivity contribution in [1.82, 2.24) is 18.9 Å². The Bertz CT molecular complexity index is 3740. The minimum atomic E-state index is 0.710. The molecule has 54 heavy (non-hydrogen) atoms. The number of hydrogen-bond acceptors (Lipinski definition) is 2. The molecule has 4 heteroatoms. The lowest BCUT2D eigenvalue weighted by Crippen LogP contribution is -2.02. The van der Waals surface area contributed by atoms with Gasteiger partial charge in [0.15, 0.2) is 5.82 Å². The molecule has 248 valence electrons. The Morgan fingerprint density at radius 1 is 0.352 bits per heavy atom. The summed E-state index contributed by atoms with van der Waals surface area (Å²) >= 11 is 0. The summed E-state index contributed by atoms with van der Waals surface area (Å²) < 4.78 is 4.89. The molecule has 4 heterocycles. The molecule has 0 saturated heterocycles. The Kier molecular flexibility index (Phi) is 5.34. The van der Waals surface area contributed by atoms with Gasteiger partial charge in [-0.05, 0) is 80.8 Å². The second kappa shape index (κ2) is 10.2. The summed E-state index contributed by atoms with van der Waals surface area (Å²) in [6.07, 6.45) is 0. The number of benzene rings is 9. The van der Waals surface area contributed by atoms with Crippen LogP contribution in [0.5, 0.6) is 0 Å². The van der Waals surface area contributed by atoms with Crippen LogP contribution in [0.1, 0.15) is 0 Å². The highest BCUT2D eigenvalue weighted by Crippen LogP contribution is 2.47. The number of nitrogens with zero attached hydrogens (tertiary/aromatic N) is 4. The summed E-state index contributed by atoms with van der Waals surface area (Å²) in [7, 11) is 0. The molecule has 0 N–H and O–H groups in total. The van der Waals surface area contributed by atoms with Crippen LogP contribution in [0.3, 0.4) is 0 Å². The number of rotatable bonds is 2. The molecule has 0 fully saturated rings. The van der Waals surface area contributed by atoms with Gasteiger partial charge in [0.25, 0.3) is 0 Å². The molecule has 4 aromatic heterocycles. The van der Waals surface area contributed by atoms with Gasteiger partial charge in [-0.1, -0.05) is 121 Å². The van der Waals surface area contributed by atoms with Crippen molar-refractivity contribution in [1.29, 1.82) is 0 Å². The number of fused-ring (bicyclic) bond motifs is 15. The highest BCUT2D eigenvalue weighted by atomic mass is 15.1. The van der Waals surface area contributed by atoms with Crippen molar-refractivity contribution in [3.8, 4) is 17.2 Å². The lowest BCUT2D eigenvalue weighted by molar-refractivity contribution is 1.08. The first-order valence-corrected chi connectivity index (χ1v) is 18.5. The highest BCUT2D eigenvalue weighted by molar-refractivity contribution is 6.36. The predicted octanol–water partition coefficient (Wildman–Crippen LogP) is 13.0. The summed E-state index contributed by atoms with van der Waals surface area (Å²) in [6, 6.07) is 61.7. The van der Waals surface area contributed by atoms with E-state index in [1.165, 1.54) is 81.2 Å². The molecule has 0 aliphatic rings. The van der Waals surface area contributed by atoms with Crippen LogP contribution in [0.25, 0.3) is 120 Å². The summed E-state index contributed by atoms with van der Waals surface area (Å²) in [4.78, 5) is 10.8. The Labute approximate surface area is 308 Å². The molecule has 13 rings (SSSR count). The third-order valence-electron chi connectivity index (χ3n) is 11.8. The van der Waals surface area contributed by atoms with Crippen molar-refractivity contribution in [3.05, 3.63) is 170 Å². The second-order valence-electron chi connectivity index (χ2n) is 14.6. The van der Waals surface area contributed by atoms with Crippen LogP contribution in [0.15, 0.2) is 170 Å². The van der Waals surface area contributed by atoms with Gasteiger partial charge in [0, 0.05) is 43.3 Å². The fraction of sp³-hybridized carbons (Fsp3) is 0. The van der Waals surface area contributed by atoms with E-state index in [2.05, 4.69) is 179 Å². The monoisotopic (exact) mass is 684 g/mol. The van der Waals surface area contributed by atoms with Crippen molar-refractivity contribution in [3.63, 3.8) is 0 Å². The highest BCUT2D eigenvalue weighted by Gasteiger charge is 2.25. The Morgan fingerprint density at radius 3 is 1.81 bits per heavy atom. The SMILES string of the molecule is c1ccc2cc3c(cc2c1)c1c2c4ccccc4n4c5ccccc5c(cc1n3-c1nc(-c3ccc5ccc6ccccc6c5c3)nc3ccccc13)c24. The molecule has 0 aliphatic heterocycles. The zero-order valence-corrected chi connectivity index (χ0v) is 29.0. The minimum absolute atomic E-state index is 0.710. The van der Waals surface area contributed by atoms with Gasteiger partial charge in [0.1, 0.15) is 5.82 Å². The number of hydrogen-bond donors (Lipinski definition) is 0. The first-order valence-electron chi connectivity index (χ1n) is 18.5. The molecule has 0 unspecified atom stereocenters. The van der Waals surface area contributed by atoms with Crippen molar-refractivity contribution < 1.29 is 0 Å². The Balaban J connectivity index is 1.22. The van der Waals surface area contributed by atoms with Crippen molar-refractivity contribution in [2.45, 2.75) is 0 Å². The third-order valence-corrected chi connectivity index (χ3v) is 11.8. The van der Waals surface area contributed by atoms with E-state index in [-0.39, 0.29) is 0 Å². The smallest absolute Gasteiger partial charge is 0.162 e. The van der Waals surface area contributed by atoms with E-state index < -0.39 is 0 Å². The van der Waals surface area contributed by atoms with Crippen molar-refractivity contribution in [2.75, 3.05) is 0 Å². The summed E-state index contributed by atoms with van der Waals surface area (Å²) in [6.45, 7) is 0. The van der Waals surface area contributed by atoms with Gasteiger partial charge < -0.3 is 4.40 Å². The molecule has 0 bridgehead atoms. The Hall–Kier alpha value is -7.30.